The molecule has 1 aliphatic carbocycles. The van der Waals surface area contributed by atoms with Crippen molar-refractivity contribution in [2.24, 2.45) is 0 Å². The summed E-state index contributed by atoms with van der Waals surface area (Å²) in [6.45, 7) is 0. The highest BCUT2D eigenvalue weighted by atomic mass is 19.1. The van der Waals surface area contributed by atoms with Gasteiger partial charge in [0.25, 0.3) is 0 Å². The van der Waals surface area contributed by atoms with Crippen molar-refractivity contribution in [2.45, 2.75) is 19.3 Å². The number of aryl methyl sites for hydroxylation is 2. The zero-order valence-corrected chi connectivity index (χ0v) is 9.95. The third-order valence-electron chi connectivity index (χ3n) is 3.56. The van der Waals surface area contributed by atoms with Crippen molar-refractivity contribution in [3.05, 3.63) is 58.9 Å². The zero-order valence-electron chi connectivity index (χ0n) is 9.95. The van der Waals surface area contributed by atoms with Gasteiger partial charge in [-0.15, -0.1) is 0 Å². The molecule has 2 heteroatoms. The smallest absolute Gasteiger partial charge is 0.152 e. The predicted molar refractivity (Wildman–Crippen MR) is 69.2 cm³/mol. The summed E-state index contributed by atoms with van der Waals surface area (Å²) in [6.07, 6.45) is 4.01. The molecule has 1 nitrogen and oxygen atoms in total. The number of carbonyl (C=O) groups is 1. The van der Waals surface area contributed by atoms with Gasteiger partial charge in [-0.1, -0.05) is 24.3 Å². The number of benzene rings is 2. The lowest BCUT2D eigenvalue weighted by molar-refractivity contribution is 0.112. The van der Waals surface area contributed by atoms with Gasteiger partial charge in [0.05, 0.1) is 5.56 Å². The first-order valence-corrected chi connectivity index (χ1v) is 6.15. The van der Waals surface area contributed by atoms with Crippen LogP contribution in [0.25, 0.3) is 11.1 Å². The second-order valence-corrected chi connectivity index (χ2v) is 4.69. The molecule has 0 spiro atoms. The van der Waals surface area contributed by atoms with Gasteiger partial charge in [-0.3, -0.25) is 4.79 Å². The van der Waals surface area contributed by atoms with Crippen LogP contribution >= 0.6 is 0 Å². The summed E-state index contributed by atoms with van der Waals surface area (Å²) in [6, 6.07) is 11.1. The molecule has 0 N–H and O–H groups in total. The normalized spacial score (nSPS) is 13.4. The average molecular weight is 240 g/mol. The summed E-state index contributed by atoms with van der Waals surface area (Å²) in [7, 11) is 0. The maximum Gasteiger partial charge on any atom is 0.152 e. The fourth-order valence-electron chi connectivity index (χ4n) is 2.55. The van der Waals surface area contributed by atoms with E-state index in [1.54, 1.807) is 6.07 Å². The molecule has 0 saturated carbocycles. The molecular weight excluding hydrogens is 227 g/mol. The van der Waals surface area contributed by atoms with Gasteiger partial charge >= 0.3 is 0 Å². The summed E-state index contributed by atoms with van der Waals surface area (Å²) in [5, 5.41) is 0. The quantitative estimate of drug-likeness (QED) is 0.730. The topological polar surface area (TPSA) is 17.1 Å². The summed E-state index contributed by atoms with van der Waals surface area (Å²) in [4.78, 5) is 10.6. The monoisotopic (exact) mass is 240 g/mol. The summed E-state index contributed by atoms with van der Waals surface area (Å²) in [5.74, 6) is -0.456. The number of fused-ring (bicyclic) bond motifs is 1. The van der Waals surface area contributed by atoms with Gasteiger partial charge in [0, 0.05) is 0 Å². The van der Waals surface area contributed by atoms with Crippen molar-refractivity contribution in [1.82, 2.24) is 0 Å². The van der Waals surface area contributed by atoms with E-state index in [4.69, 9.17) is 0 Å². The van der Waals surface area contributed by atoms with Gasteiger partial charge in [-0.25, -0.2) is 4.39 Å². The first-order valence-electron chi connectivity index (χ1n) is 6.15. The van der Waals surface area contributed by atoms with Gasteiger partial charge in [-0.2, -0.15) is 0 Å². The minimum absolute atomic E-state index is 0.111. The van der Waals surface area contributed by atoms with Crippen LogP contribution in [-0.2, 0) is 12.8 Å². The van der Waals surface area contributed by atoms with E-state index in [1.165, 1.54) is 29.7 Å². The lowest BCUT2D eigenvalue weighted by Gasteiger charge is -2.06. The molecule has 0 saturated heterocycles. The van der Waals surface area contributed by atoms with Gasteiger partial charge in [0.15, 0.2) is 6.29 Å². The molecule has 0 fully saturated rings. The second kappa shape index (κ2) is 4.37. The number of aldehydes is 1. The molecule has 0 aromatic heterocycles. The van der Waals surface area contributed by atoms with E-state index in [1.807, 2.05) is 6.07 Å². The Hall–Kier alpha value is -1.96. The first kappa shape index (κ1) is 11.1. The predicted octanol–water partition coefficient (Wildman–Crippen LogP) is 3.79. The van der Waals surface area contributed by atoms with Crippen molar-refractivity contribution >= 4 is 6.29 Å². The minimum Gasteiger partial charge on any atom is -0.298 e. The van der Waals surface area contributed by atoms with Crippen LogP contribution in [0.4, 0.5) is 4.39 Å². The maximum atomic E-state index is 13.6. The molecule has 3 rings (SSSR count). The van der Waals surface area contributed by atoms with Crippen molar-refractivity contribution in [2.75, 3.05) is 0 Å². The minimum atomic E-state index is -0.456. The summed E-state index contributed by atoms with van der Waals surface area (Å²) in [5.41, 5.74) is 4.73. The Kier molecular flexibility index (Phi) is 2.71. The molecule has 0 atom stereocenters. The standard InChI is InChI=1S/C16H13FO/c17-16-9-14(6-7-15(16)10-18)13-5-4-11-2-1-3-12(11)8-13/h4-10H,1-3H2. The third kappa shape index (κ3) is 1.84. The van der Waals surface area contributed by atoms with Crippen LogP contribution in [-0.4, -0.2) is 6.29 Å². The third-order valence-corrected chi connectivity index (χ3v) is 3.56. The molecule has 90 valence electrons. The molecule has 2 aromatic carbocycles. The largest absolute Gasteiger partial charge is 0.298 e. The molecule has 1 aliphatic rings. The Bertz CT molecular complexity index is 616. The first-order chi connectivity index (χ1) is 8.78. The molecule has 0 radical (unpaired) electrons. The Morgan fingerprint density at radius 3 is 2.44 bits per heavy atom. The Morgan fingerprint density at radius 1 is 0.944 bits per heavy atom. The second-order valence-electron chi connectivity index (χ2n) is 4.69. The fraction of sp³-hybridized carbons (Fsp3) is 0.188. The molecule has 0 bridgehead atoms. The highest BCUT2D eigenvalue weighted by Gasteiger charge is 2.12. The highest BCUT2D eigenvalue weighted by Crippen LogP contribution is 2.28. The summed E-state index contributed by atoms with van der Waals surface area (Å²) < 4.78 is 13.6. The molecule has 0 aliphatic heterocycles. The zero-order chi connectivity index (χ0) is 12.5. The molecule has 0 unspecified atom stereocenters. The van der Waals surface area contributed by atoms with Crippen LogP contribution in [0.3, 0.4) is 0 Å². The maximum absolute atomic E-state index is 13.6. The molecule has 2 aromatic rings. The van der Waals surface area contributed by atoms with Crippen molar-refractivity contribution in [3.63, 3.8) is 0 Å². The van der Waals surface area contributed by atoms with Crippen LogP contribution < -0.4 is 0 Å². The van der Waals surface area contributed by atoms with Crippen LogP contribution in [0.5, 0.6) is 0 Å². The van der Waals surface area contributed by atoms with Gasteiger partial charge in [-0.05, 0) is 53.6 Å². The van der Waals surface area contributed by atoms with Gasteiger partial charge < -0.3 is 0 Å². The van der Waals surface area contributed by atoms with Gasteiger partial charge in [0.1, 0.15) is 5.82 Å². The Labute approximate surface area is 105 Å². The molecule has 0 heterocycles. The van der Waals surface area contributed by atoms with Crippen LogP contribution in [0.2, 0.25) is 0 Å². The lowest BCUT2D eigenvalue weighted by atomic mass is 9.99. The number of rotatable bonds is 2. The Balaban J connectivity index is 2.04. The Morgan fingerprint density at radius 2 is 1.67 bits per heavy atom. The van der Waals surface area contributed by atoms with Crippen molar-refractivity contribution in [1.29, 1.82) is 0 Å². The molecule has 18 heavy (non-hydrogen) atoms. The van der Waals surface area contributed by atoms with E-state index in [0.717, 1.165) is 24.0 Å². The number of hydrogen-bond acceptors (Lipinski definition) is 1. The van der Waals surface area contributed by atoms with Gasteiger partial charge in [0.2, 0.25) is 0 Å². The van der Waals surface area contributed by atoms with E-state index < -0.39 is 5.82 Å². The SMILES string of the molecule is O=Cc1ccc(-c2ccc3c(c2)CCC3)cc1F. The van der Waals surface area contributed by atoms with E-state index >= 15 is 0 Å². The number of halogens is 1. The van der Waals surface area contributed by atoms with E-state index in [9.17, 15) is 9.18 Å². The highest BCUT2D eigenvalue weighted by molar-refractivity contribution is 5.77. The van der Waals surface area contributed by atoms with E-state index in [0.29, 0.717) is 6.29 Å². The van der Waals surface area contributed by atoms with Crippen LogP contribution in [0.15, 0.2) is 36.4 Å². The molecular formula is C16H13FO. The fourth-order valence-corrected chi connectivity index (χ4v) is 2.55. The van der Waals surface area contributed by atoms with E-state index in [2.05, 4.69) is 12.1 Å². The van der Waals surface area contributed by atoms with Crippen molar-refractivity contribution in [3.8, 4) is 11.1 Å². The lowest BCUT2D eigenvalue weighted by Crippen LogP contribution is -1.89. The van der Waals surface area contributed by atoms with Crippen molar-refractivity contribution < 1.29 is 9.18 Å². The molecule has 0 amide bonds. The van der Waals surface area contributed by atoms with Crippen LogP contribution in [0.1, 0.15) is 27.9 Å². The van der Waals surface area contributed by atoms with Crippen LogP contribution in [0, 0.1) is 5.82 Å². The summed E-state index contributed by atoms with van der Waals surface area (Å²) >= 11 is 0. The number of hydrogen-bond donors (Lipinski definition) is 0. The number of carbonyl (C=O) groups excluding carboxylic acids is 1. The average Bonchev–Trinajstić information content (AvgIpc) is 2.85. The van der Waals surface area contributed by atoms with E-state index in [-0.39, 0.29) is 5.56 Å².